The lowest BCUT2D eigenvalue weighted by Crippen LogP contribution is -2.42. The summed E-state index contributed by atoms with van der Waals surface area (Å²) in [5, 5.41) is 17.3. The van der Waals surface area contributed by atoms with Crippen molar-refractivity contribution >= 4 is 40.7 Å². The molecule has 1 saturated carbocycles. The van der Waals surface area contributed by atoms with Gasteiger partial charge in [0.2, 0.25) is 5.91 Å². The minimum atomic E-state index is -0.259. The third-order valence-corrected chi connectivity index (χ3v) is 8.59. The van der Waals surface area contributed by atoms with Crippen molar-refractivity contribution in [2.45, 2.75) is 83.1 Å². The summed E-state index contributed by atoms with van der Waals surface area (Å²) in [5.41, 5.74) is 2.47. The Kier molecular flexibility index (Phi) is 11.8. The molecule has 0 unspecified atom stereocenters. The van der Waals surface area contributed by atoms with Gasteiger partial charge in [-0.05, 0) is 74.4 Å². The highest BCUT2D eigenvalue weighted by molar-refractivity contribution is 6.42. The molecule has 0 atom stereocenters. The van der Waals surface area contributed by atoms with E-state index in [9.17, 15) is 14.7 Å². The Hall–Kier alpha value is -2.48. The van der Waals surface area contributed by atoms with Crippen molar-refractivity contribution in [3.05, 3.63) is 51.5 Å². The van der Waals surface area contributed by atoms with Gasteiger partial charge in [-0.2, -0.15) is 0 Å². The van der Waals surface area contributed by atoms with Crippen LogP contribution < -0.4 is 15.4 Å². The van der Waals surface area contributed by atoms with Gasteiger partial charge in [-0.15, -0.1) is 0 Å². The van der Waals surface area contributed by atoms with Crippen molar-refractivity contribution < 1.29 is 19.4 Å². The number of phenols is 1. The fraction of sp³-hybridized carbons (Fsp3) is 0.548. The second-order valence-corrected chi connectivity index (χ2v) is 11.6. The third kappa shape index (κ3) is 8.76. The lowest BCUT2D eigenvalue weighted by molar-refractivity contribution is -0.133. The Bertz CT molecular complexity index is 1150. The number of aryl methyl sites for hydroxylation is 1. The Balaban J connectivity index is 1.23. The van der Waals surface area contributed by atoms with Crippen LogP contribution in [0.5, 0.6) is 11.5 Å². The van der Waals surface area contributed by atoms with Crippen molar-refractivity contribution in [2.75, 3.05) is 31.6 Å². The highest BCUT2D eigenvalue weighted by Gasteiger charge is 2.25. The number of anilines is 1. The minimum Gasteiger partial charge on any atom is -0.506 e. The number of unbranched alkanes of at least 4 members (excludes halogenated alkanes) is 2. The SMILES string of the molecule is O=C1COc2c(CCCCCN(C(=O)CCNCCc3ccc(Cl)c(Cl)c3)C3CCCCCC3)ccc(O)c2N1. The number of aromatic hydroxyl groups is 1. The zero-order valence-electron chi connectivity index (χ0n) is 23.2. The average molecular weight is 591 g/mol. The second kappa shape index (κ2) is 15.5. The lowest BCUT2D eigenvalue weighted by atomic mass is 10.0. The van der Waals surface area contributed by atoms with Crippen LogP contribution in [-0.4, -0.2) is 54.1 Å². The molecule has 2 aliphatic rings. The Morgan fingerprint density at radius 2 is 1.80 bits per heavy atom. The number of halogens is 2. The molecule has 0 spiro atoms. The number of nitrogens with zero attached hydrogens (tertiary/aromatic N) is 1. The van der Waals surface area contributed by atoms with Crippen molar-refractivity contribution in [3.63, 3.8) is 0 Å². The van der Waals surface area contributed by atoms with Crippen molar-refractivity contribution in [3.8, 4) is 11.5 Å². The van der Waals surface area contributed by atoms with Crippen molar-refractivity contribution in [2.24, 2.45) is 0 Å². The first-order valence-corrected chi connectivity index (χ1v) is 15.4. The molecule has 4 rings (SSSR count). The van der Waals surface area contributed by atoms with Gasteiger partial charge in [-0.1, -0.05) is 67.4 Å². The van der Waals surface area contributed by atoms with Gasteiger partial charge in [0.1, 0.15) is 11.4 Å². The topological polar surface area (TPSA) is 90.9 Å². The van der Waals surface area contributed by atoms with E-state index in [1.807, 2.05) is 24.3 Å². The normalized spacial score (nSPS) is 15.6. The molecule has 3 N–H and O–H groups in total. The van der Waals surface area contributed by atoms with Crippen LogP contribution in [0.15, 0.2) is 30.3 Å². The van der Waals surface area contributed by atoms with Gasteiger partial charge in [-0.25, -0.2) is 0 Å². The number of carbonyl (C=O) groups is 2. The van der Waals surface area contributed by atoms with Crippen LogP contribution >= 0.6 is 23.2 Å². The van der Waals surface area contributed by atoms with E-state index in [1.165, 1.54) is 25.7 Å². The van der Waals surface area contributed by atoms with E-state index in [-0.39, 0.29) is 24.2 Å². The monoisotopic (exact) mass is 589 g/mol. The maximum absolute atomic E-state index is 13.4. The first-order valence-electron chi connectivity index (χ1n) is 14.6. The maximum atomic E-state index is 13.4. The molecular weight excluding hydrogens is 549 g/mol. The molecule has 1 heterocycles. The number of phenolic OH excluding ortho intramolecular Hbond substituents is 1. The minimum absolute atomic E-state index is 0.0215. The van der Waals surface area contributed by atoms with Crippen molar-refractivity contribution in [1.82, 2.24) is 10.2 Å². The number of rotatable bonds is 13. The van der Waals surface area contributed by atoms with E-state index in [4.69, 9.17) is 27.9 Å². The number of carbonyl (C=O) groups excluding carboxylic acids is 2. The standard InChI is InChI=1S/C31H41Cl2N3O4/c32-25-13-11-22(20-26(25)33)15-17-34-18-16-29(39)36(24-9-5-1-2-6-10-24)19-7-3-4-8-23-12-14-27(37)30-31(23)40-21-28(38)35-30/h11-14,20,24,34,37H,1-10,15-19,21H2,(H,35,38). The van der Waals surface area contributed by atoms with Crippen LogP contribution in [0.2, 0.25) is 10.0 Å². The number of fused-ring (bicyclic) bond motifs is 1. The molecular formula is C31H41Cl2N3O4. The Morgan fingerprint density at radius 3 is 2.58 bits per heavy atom. The van der Waals surface area contributed by atoms with E-state index < -0.39 is 0 Å². The molecule has 2 amide bonds. The fourth-order valence-electron chi connectivity index (χ4n) is 5.66. The van der Waals surface area contributed by atoms with E-state index in [0.717, 1.165) is 69.2 Å². The van der Waals surface area contributed by atoms with Crippen molar-refractivity contribution in [1.29, 1.82) is 0 Å². The first kappa shape index (κ1) is 30.5. The molecule has 7 nitrogen and oxygen atoms in total. The molecule has 1 aliphatic carbocycles. The largest absolute Gasteiger partial charge is 0.506 e. The quantitative estimate of drug-likeness (QED) is 0.141. The number of amides is 2. The van der Waals surface area contributed by atoms with Gasteiger partial charge in [0, 0.05) is 25.6 Å². The summed E-state index contributed by atoms with van der Waals surface area (Å²) in [6.45, 7) is 2.19. The molecule has 1 fully saturated rings. The summed E-state index contributed by atoms with van der Waals surface area (Å²) in [4.78, 5) is 27.2. The summed E-state index contributed by atoms with van der Waals surface area (Å²) in [7, 11) is 0. The summed E-state index contributed by atoms with van der Waals surface area (Å²) in [6, 6.07) is 9.50. The molecule has 0 bridgehead atoms. The lowest BCUT2D eigenvalue weighted by Gasteiger charge is -2.32. The molecule has 9 heteroatoms. The smallest absolute Gasteiger partial charge is 0.262 e. The van der Waals surface area contributed by atoms with Gasteiger partial charge >= 0.3 is 0 Å². The summed E-state index contributed by atoms with van der Waals surface area (Å²) in [5.74, 6) is 0.574. The zero-order valence-corrected chi connectivity index (χ0v) is 24.7. The van der Waals surface area contributed by atoms with Crippen LogP contribution in [0.1, 0.15) is 75.3 Å². The van der Waals surface area contributed by atoms with Gasteiger partial charge in [0.05, 0.1) is 10.0 Å². The van der Waals surface area contributed by atoms with Gasteiger partial charge in [0.25, 0.3) is 5.91 Å². The third-order valence-electron chi connectivity index (χ3n) is 7.85. The van der Waals surface area contributed by atoms with Crippen LogP contribution in [0.4, 0.5) is 5.69 Å². The van der Waals surface area contributed by atoms with Crippen LogP contribution in [0, 0.1) is 0 Å². The zero-order chi connectivity index (χ0) is 28.3. The summed E-state index contributed by atoms with van der Waals surface area (Å²) in [6.07, 6.45) is 12.1. The van der Waals surface area contributed by atoms with Gasteiger partial charge in [0.15, 0.2) is 12.4 Å². The molecule has 0 saturated heterocycles. The second-order valence-electron chi connectivity index (χ2n) is 10.8. The molecule has 0 radical (unpaired) electrons. The Morgan fingerprint density at radius 1 is 1.00 bits per heavy atom. The molecule has 0 aromatic heterocycles. The number of hydrogen-bond donors (Lipinski definition) is 3. The van der Waals surface area contributed by atoms with Gasteiger partial charge in [-0.3, -0.25) is 9.59 Å². The van der Waals surface area contributed by atoms with Crippen LogP contribution in [-0.2, 0) is 22.4 Å². The fourth-order valence-corrected chi connectivity index (χ4v) is 5.98. The molecule has 2 aromatic carbocycles. The highest BCUT2D eigenvalue weighted by Crippen LogP contribution is 2.39. The molecule has 218 valence electrons. The van der Waals surface area contributed by atoms with E-state index in [0.29, 0.717) is 40.5 Å². The van der Waals surface area contributed by atoms with E-state index in [1.54, 1.807) is 6.07 Å². The number of hydrogen-bond acceptors (Lipinski definition) is 5. The number of ether oxygens (including phenoxy) is 1. The van der Waals surface area contributed by atoms with E-state index >= 15 is 0 Å². The molecule has 2 aromatic rings. The molecule has 40 heavy (non-hydrogen) atoms. The van der Waals surface area contributed by atoms with E-state index in [2.05, 4.69) is 15.5 Å². The van der Waals surface area contributed by atoms with Crippen LogP contribution in [0.25, 0.3) is 0 Å². The highest BCUT2D eigenvalue weighted by atomic mass is 35.5. The number of benzene rings is 2. The average Bonchev–Trinajstić information content (AvgIpc) is 3.23. The summed E-state index contributed by atoms with van der Waals surface area (Å²) < 4.78 is 5.61. The molecule has 1 aliphatic heterocycles. The Labute approximate surface area is 247 Å². The predicted octanol–water partition coefficient (Wildman–Crippen LogP) is 6.52. The van der Waals surface area contributed by atoms with Crippen LogP contribution in [0.3, 0.4) is 0 Å². The maximum Gasteiger partial charge on any atom is 0.262 e. The predicted molar refractivity (Wildman–Crippen MR) is 161 cm³/mol. The number of nitrogens with one attached hydrogen (secondary N) is 2. The first-order chi connectivity index (χ1) is 19.4. The summed E-state index contributed by atoms with van der Waals surface area (Å²) >= 11 is 12.1. The van der Waals surface area contributed by atoms with Gasteiger partial charge < -0.3 is 25.4 Å².